The number of carboxylic acid groups (broad SMARTS) is 2. The molecule has 0 unspecified atom stereocenters. The zero-order valence-corrected chi connectivity index (χ0v) is 9.03. The first-order valence-electron chi connectivity index (χ1n) is 4.79. The highest BCUT2D eigenvalue weighted by Gasteiger charge is 2.31. The molecule has 1 aromatic rings. The molecule has 2 amide bonds. The van der Waals surface area contributed by atoms with Crippen LogP contribution >= 0.6 is 0 Å². The Hall–Kier alpha value is -2.37. The van der Waals surface area contributed by atoms with E-state index in [4.69, 9.17) is 10.2 Å². The lowest BCUT2D eigenvalue weighted by Gasteiger charge is -2.21. The minimum absolute atomic E-state index is 0.128. The van der Waals surface area contributed by atoms with Gasteiger partial charge in [0.15, 0.2) is 0 Å². The first-order chi connectivity index (χ1) is 7.95. The van der Waals surface area contributed by atoms with E-state index in [0.717, 1.165) is 6.92 Å². The Morgan fingerprint density at radius 2 is 1.65 bits per heavy atom. The fourth-order valence-corrected chi connectivity index (χ4v) is 1.26. The van der Waals surface area contributed by atoms with Crippen molar-refractivity contribution in [3.63, 3.8) is 0 Å². The third-order valence-corrected chi connectivity index (χ3v) is 2.19. The molecule has 0 saturated carbocycles. The number of benzene rings is 1. The lowest BCUT2D eigenvalue weighted by Crippen LogP contribution is -2.46. The van der Waals surface area contributed by atoms with Crippen molar-refractivity contribution >= 4 is 18.0 Å². The first-order valence-corrected chi connectivity index (χ1v) is 4.79. The number of imide groups is 1. The van der Waals surface area contributed by atoms with Crippen molar-refractivity contribution < 1.29 is 24.6 Å². The number of amides is 2. The maximum Gasteiger partial charge on any atom is 0.415 e. The van der Waals surface area contributed by atoms with E-state index >= 15 is 0 Å². The molecule has 0 saturated heterocycles. The van der Waals surface area contributed by atoms with Gasteiger partial charge in [0, 0.05) is 5.56 Å². The summed E-state index contributed by atoms with van der Waals surface area (Å²) in [6.45, 7) is 1.14. The lowest BCUT2D eigenvalue weighted by atomic mass is 10.2. The molecule has 1 atom stereocenters. The second-order valence-electron chi connectivity index (χ2n) is 3.34. The zero-order valence-electron chi connectivity index (χ0n) is 9.03. The third-order valence-electron chi connectivity index (χ3n) is 2.19. The average molecular weight is 237 g/mol. The predicted molar refractivity (Wildman–Crippen MR) is 57.7 cm³/mol. The molecule has 0 aliphatic rings. The Labute approximate surface area is 97.1 Å². The minimum atomic E-state index is -1.59. The van der Waals surface area contributed by atoms with Crippen LogP contribution in [0.4, 0.5) is 4.79 Å². The molecule has 0 aliphatic carbocycles. The fraction of sp³-hybridized carbons (Fsp3) is 0.182. The summed E-state index contributed by atoms with van der Waals surface area (Å²) in [5.41, 5.74) is 0.128. The van der Waals surface area contributed by atoms with Crippen LogP contribution in [0.5, 0.6) is 0 Å². The van der Waals surface area contributed by atoms with Crippen LogP contribution in [-0.4, -0.2) is 39.1 Å². The Morgan fingerprint density at radius 1 is 1.12 bits per heavy atom. The molecule has 0 heterocycles. The first kappa shape index (κ1) is 12.7. The Kier molecular flexibility index (Phi) is 3.82. The summed E-state index contributed by atoms with van der Waals surface area (Å²) in [6.07, 6.45) is -1.59. The second kappa shape index (κ2) is 5.11. The molecule has 1 rings (SSSR count). The van der Waals surface area contributed by atoms with E-state index in [1.54, 1.807) is 18.2 Å². The molecule has 90 valence electrons. The largest absolute Gasteiger partial charge is 0.480 e. The molecule has 0 spiro atoms. The number of hydrogen-bond donors (Lipinski definition) is 2. The van der Waals surface area contributed by atoms with Crippen LogP contribution in [0.3, 0.4) is 0 Å². The van der Waals surface area contributed by atoms with Crippen molar-refractivity contribution in [2.24, 2.45) is 0 Å². The Bertz CT molecular complexity index is 442. The summed E-state index contributed by atoms with van der Waals surface area (Å²) < 4.78 is 0. The van der Waals surface area contributed by atoms with Crippen LogP contribution in [0.15, 0.2) is 30.3 Å². The van der Waals surface area contributed by atoms with Crippen molar-refractivity contribution in [2.45, 2.75) is 13.0 Å². The topological polar surface area (TPSA) is 94.9 Å². The summed E-state index contributed by atoms with van der Waals surface area (Å²) in [5.74, 6) is -2.23. The van der Waals surface area contributed by atoms with Gasteiger partial charge in [-0.1, -0.05) is 18.2 Å². The molecular formula is C11H11NO5. The maximum absolute atomic E-state index is 11.8. The van der Waals surface area contributed by atoms with Crippen LogP contribution in [0.2, 0.25) is 0 Å². The van der Waals surface area contributed by atoms with Crippen molar-refractivity contribution in [3.05, 3.63) is 35.9 Å². The highest BCUT2D eigenvalue weighted by molar-refractivity contribution is 6.04. The van der Waals surface area contributed by atoms with E-state index in [1.165, 1.54) is 12.1 Å². The summed E-state index contributed by atoms with van der Waals surface area (Å²) in [6, 6.07) is 6.22. The van der Waals surface area contributed by atoms with Gasteiger partial charge in [-0.3, -0.25) is 4.79 Å². The number of carbonyl (C=O) groups excluding carboxylic acids is 1. The van der Waals surface area contributed by atoms with Crippen LogP contribution < -0.4 is 0 Å². The molecule has 0 aliphatic heterocycles. The Balaban J connectivity index is 3.05. The minimum Gasteiger partial charge on any atom is -0.480 e. The van der Waals surface area contributed by atoms with E-state index in [2.05, 4.69) is 0 Å². The molecule has 6 heteroatoms. The average Bonchev–Trinajstić information content (AvgIpc) is 2.29. The summed E-state index contributed by atoms with van der Waals surface area (Å²) >= 11 is 0. The van der Waals surface area contributed by atoms with Gasteiger partial charge in [-0.25, -0.2) is 14.5 Å². The van der Waals surface area contributed by atoms with Crippen LogP contribution in [0.25, 0.3) is 0 Å². The van der Waals surface area contributed by atoms with Crippen LogP contribution in [0.1, 0.15) is 17.3 Å². The monoisotopic (exact) mass is 237 g/mol. The van der Waals surface area contributed by atoms with Crippen LogP contribution in [0, 0.1) is 0 Å². The standard InChI is InChI=1S/C11H11NO5/c1-7(10(14)15)12(11(16)17)9(13)8-5-3-2-4-6-8/h2-7H,1H3,(H,14,15)(H,16,17)/t7-/m1/s1. The fourth-order valence-electron chi connectivity index (χ4n) is 1.26. The number of hydrogen-bond acceptors (Lipinski definition) is 3. The van der Waals surface area contributed by atoms with Gasteiger partial charge in [0.2, 0.25) is 0 Å². The molecule has 0 aromatic heterocycles. The van der Waals surface area contributed by atoms with Crippen molar-refractivity contribution in [1.82, 2.24) is 4.90 Å². The van der Waals surface area contributed by atoms with Gasteiger partial charge in [0.1, 0.15) is 6.04 Å². The van der Waals surface area contributed by atoms with Gasteiger partial charge in [-0.15, -0.1) is 0 Å². The molecule has 6 nitrogen and oxygen atoms in total. The number of nitrogens with zero attached hydrogens (tertiary/aromatic N) is 1. The molecule has 1 aromatic carbocycles. The molecule has 0 radical (unpaired) electrons. The quantitative estimate of drug-likeness (QED) is 0.825. The highest BCUT2D eigenvalue weighted by Crippen LogP contribution is 2.09. The van der Waals surface area contributed by atoms with Crippen molar-refractivity contribution in [3.8, 4) is 0 Å². The lowest BCUT2D eigenvalue weighted by molar-refractivity contribution is -0.141. The van der Waals surface area contributed by atoms with E-state index in [1.807, 2.05) is 0 Å². The van der Waals surface area contributed by atoms with E-state index in [9.17, 15) is 14.4 Å². The van der Waals surface area contributed by atoms with Gasteiger partial charge < -0.3 is 10.2 Å². The summed E-state index contributed by atoms with van der Waals surface area (Å²) in [5, 5.41) is 17.6. The summed E-state index contributed by atoms with van der Waals surface area (Å²) in [7, 11) is 0. The second-order valence-corrected chi connectivity index (χ2v) is 3.34. The van der Waals surface area contributed by atoms with Gasteiger partial charge in [-0.05, 0) is 19.1 Å². The number of rotatable bonds is 3. The van der Waals surface area contributed by atoms with E-state index in [0.29, 0.717) is 0 Å². The van der Waals surface area contributed by atoms with Crippen molar-refractivity contribution in [1.29, 1.82) is 0 Å². The van der Waals surface area contributed by atoms with E-state index in [-0.39, 0.29) is 10.5 Å². The predicted octanol–water partition coefficient (Wildman–Crippen LogP) is 1.28. The molecule has 0 bridgehead atoms. The van der Waals surface area contributed by atoms with Crippen molar-refractivity contribution in [2.75, 3.05) is 0 Å². The maximum atomic E-state index is 11.8. The Morgan fingerprint density at radius 3 is 2.06 bits per heavy atom. The van der Waals surface area contributed by atoms with E-state index < -0.39 is 24.0 Å². The zero-order chi connectivity index (χ0) is 13.0. The molecule has 0 fully saturated rings. The van der Waals surface area contributed by atoms with Crippen LogP contribution in [-0.2, 0) is 4.79 Å². The highest BCUT2D eigenvalue weighted by atomic mass is 16.4. The third kappa shape index (κ3) is 2.81. The molecule has 17 heavy (non-hydrogen) atoms. The molecule has 2 N–H and O–H groups in total. The normalized spacial score (nSPS) is 11.6. The SMILES string of the molecule is C[C@H](C(=O)O)N(C(=O)O)C(=O)c1ccccc1. The number of aliphatic carboxylic acids is 1. The number of carbonyl (C=O) groups is 3. The van der Waals surface area contributed by atoms with Gasteiger partial charge in [0.05, 0.1) is 0 Å². The van der Waals surface area contributed by atoms with Gasteiger partial charge in [0.25, 0.3) is 5.91 Å². The summed E-state index contributed by atoms with van der Waals surface area (Å²) in [4.78, 5) is 33.7. The number of carboxylic acids is 1. The molecular weight excluding hydrogens is 226 g/mol. The van der Waals surface area contributed by atoms with Gasteiger partial charge >= 0.3 is 12.1 Å². The smallest absolute Gasteiger partial charge is 0.415 e. The van der Waals surface area contributed by atoms with Gasteiger partial charge in [-0.2, -0.15) is 0 Å².